The van der Waals surface area contributed by atoms with Crippen LogP contribution in [-0.2, 0) is 33.2 Å². The van der Waals surface area contributed by atoms with Crippen molar-refractivity contribution in [2.75, 3.05) is 26.4 Å². The molecule has 0 aliphatic carbocycles. The summed E-state index contributed by atoms with van der Waals surface area (Å²) in [5.74, 6) is -0.299. The summed E-state index contributed by atoms with van der Waals surface area (Å²) in [7, 11) is 0. The molecule has 19 heteroatoms. The zero-order chi connectivity index (χ0) is 60.5. The van der Waals surface area contributed by atoms with Crippen molar-refractivity contribution in [2.45, 2.75) is 259 Å². The minimum absolute atomic E-state index is 0.224. The van der Waals surface area contributed by atoms with Gasteiger partial charge in [-0.25, -0.2) is 0 Å². The second-order valence-electron chi connectivity index (χ2n) is 21.4. The number of amides is 1. The van der Waals surface area contributed by atoms with Crippen LogP contribution in [0.3, 0.4) is 0 Å². The minimum atomic E-state index is -1.98. The molecule has 0 radical (unpaired) electrons. The molecule has 3 fully saturated rings. The standard InChI is InChI=1S/C64H105NO18/c1-3-5-7-9-10-11-12-13-14-15-16-17-18-19-20-21-22-23-24-25-26-27-28-29-30-31-32-33-34-35-36-38-40-42-52(70)65-47(48(69)41-39-37-8-6-4-2)46-78-62-58(76)55(73)60(50(44-67)80-62)83-64-59(77)56(74)61(51(45-68)81-64)82-63-57(75)54(72)53(71)49(43-66)79-63/h5,7,10-11,13-14,16-17,19-20,22-23,25-26,28-29,39,41,47-51,53-64,66-69,71-77H,3-4,6,8-9,12,15,18,21,24,27,30-38,40,42-46H2,1-2H3,(H,65,70)/b7-5-,11-10-,14-13-,17-16-,20-19-,23-22-,26-25-,29-28-,41-39+. The van der Waals surface area contributed by atoms with Gasteiger partial charge in [0, 0.05) is 6.42 Å². The van der Waals surface area contributed by atoms with Crippen LogP contribution in [0.25, 0.3) is 0 Å². The molecule has 19 nitrogen and oxygen atoms in total. The summed E-state index contributed by atoms with van der Waals surface area (Å²) in [5.41, 5.74) is 0. The number of hydrogen-bond acceptors (Lipinski definition) is 18. The van der Waals surface area contributed by atoms with Crippen LogP contribution in [0.15, 0.2) is 109 Å². The fourth-order valence-electron chi connectivity index (χ4n) is 9.56. The number of carbonyl (C=O) groups excluding carboxylic acids is 1. The van der Waals surface area contributed by atoms with Crippen molar-refractivity contribution < 1.29 is 89.4 Å². The first-order valence-corrected chi connectivity index (χ1v) is 30.6. The quantitative estimate of drug-likeness (QED) is 0.0249. The van der Waals surface area contributed by atoms with Gasteiger partial charge in [0.2, 0.25) is 5.91 Å². The highest BCUT2D eigenvalue weighted by Gasteiger charge is 2.53. The molecule has 3 saturated heterocycles. The molecular weight excluding hydrogens is 1070 g/mol. The summed E-state index contributed by atoms with van der Waals surface area (Å²) >= 11 is 0. The van der Waals surface area contributed by atoms with Crippen LogP contribution < -0.4 is 5.32 Å². The van der Waals surface area contributed by atoms with Gasteiger partial charge in [-0.05, 0) is 83.5 Å². The van der Waals surface area contributed by atoms with Crippen molar-refractivity contribution in [1.29, 1.82) is 0 Å². The van der Waals surface area contributed by atoms with Gasteiger partial charge in [0.05, 0.1) is 38.6 Å². The van der Waals surface area contributed by atoms with Crippen LogP contribution in [0, 0.1) is 0 Å². The maximum absolute atomic E-state index is 13.2. The molecular formula is C64H105NO18. The molecule has 0 aromatic rings. The zero-order valence-corrected chi connectivity index (χ0v) is 49.4. The fourth-order valence-corrected chi connectivity index (χ4v) is 9.56. The van der Waals surface area contributed by atoms with Gasteiger partial charge in [0.15, 0.2) is 18.9 Å². The molecule has 474 valence electrons. The Balaban J connectivity index is 1.33. The van der Waals surface area contributed by atoms with Gasteiger partial charge in [-0.2, -0.15) is 0 Å². The summed E-state index contributed by atoms with van der Waals surface area (Å²) in [4.78, 5) is 13.2. The summed E-state index contributed by atoms with van der Waals surface area (Å²) in [6.45, 7) is 1.43. The van der Waals surface area contributed by atoms with Crippen LogP contribution in [0.4, 0.5) is 0 Å². The number of carbonyl (C=O) groups is 1. The monoisotopic (exact) mass is 1180 g/mol. The number of aliphatic hydroxyl groups excluding tert-OH is 11. The van der Waals surface area contributed by atoms with Crippen molar-refractivity contribution in [1.82, 2.24) is 5.32 Å². The zero-order valence-electron chi connectivity index (χ0n) is 49.4. The summed E-state index contributed by atoms with van der Waals surface area (Å²) < 4.78 is 34.0. The van der Waals surface area contributed by atoms with Crippen LogP contribution in [0.2, 0.25) is 0 Å². The van der Waals surface area contributed by atoms with Crippen LogP contribution in [0.5, 0.6) is 0 Å². The van der Waals surface area contributed by atoms with Crippen LogP contribution in [-0.4, -0.2) is 193 Å². The third-order valence-corrected chi connectivity index (χ3v) is 14.6. The van der Waals surface area contributed by atoms with E-state index in [1.807, 2.05) is 6.08 Å². The van der Waals surface area contributed by atoms with E-state index in [1.165, 1.54) is 6.42 Å². The van der Waals surface area contributed by atoms with E-state index < -0.39 is 124 Å². The normalized spacial score (nSPS) is 30.2. The smallest absolute Gasteiger partial charge is 0.220 e. The first-order valence-electron chi connectivity index (χ1n) is 30.6. The number of rotatable bonds is 43. The molecule has 17 unspecified atom stereocenters. The average Bonchev–Trinajstić information content (AvgIpc) is 3.52. The molecule has 0 aromatic carbocycles. The molecule has 3 rings (SSSR count). The second-order valence-corrected chi connectivity index (χ2v) is 21.4. The van der Waals surface area contributed by atoms with Gasteiger partial charge in [-0.1, -0.05) is 175 Å². The Morgan fingerprint density at radius 2 is 0.831 bits per heavy atom. The largest absolute Gasteiger partial charge is 0.394 e. The summed E-state index contributed by atoms with van der Waals surface area (Å²) in [5, 5.41) is 119. The molecule has 0 spiro atoms. The summed E-state index contributed by atoms with van der Waals surface area (Å²) in [6, 6.07) is -0.981. The number of allylic oxidation sites excluding steroid dienone is 17. The molecule has 17 atom stereocenters. The molecule has 83 heavy (non-hydrogen) atoms. The van der Waals surface area contributed by atoms with E-state index in [2.05, 4.69) is 116 Å². The van der Waals surface area contributed by atoms with Gasteiger partial charge in [0.25, 0.3) is 0 Å². The minimum Gasteiger partial charge on any atom is -0.394 e. The third kappa shape index (κ3) is 29.1. The molecule has 0 aromatic heterocycles. The molecule has 3 heterocycles. The third-order valence-electron chi connectivity index (χ3n) is 14.6. The van der Waals surface area contributed by atoms with Crippen molar-refractivity contribution in [3.05, 3.63) is 109 Å². The predicted octanol–water partition coefficient (Wildman–Crippen LogP) is 5.92. The molecule has 3 aliphatic heterocycles. The summed E-state index contributed by atoms with van der Waals surface area (Å²) in [6.07, 6.45) is 33.0. The van der Waals surface area contributed by atoms with E-state index >= 15 is 0 Å². The van der Waals surface area contributed by atoms with Crippen LogP contribution >= 0.6 is 0 Å². The maximum atomic E-state index is 13.2. The topological polar surface area (TPSA) is 307 Å². The van der Waals surface area contributed by atoms with Gasteiger partial charge < -0.3 is 89.9 Å². The number of nitrogens with one attached hydrogen (secondary N) is 1. The van der Waals surface area contributed by atoms with E-state index in [-0.39, 0.29) is 18.9 Å². The number of ether oxygens (including phenoxy) is 6. The Hall–Kier alpha value is -3.55. The van der Waals surface area contributed by atoms with Gasteiger partial charge >= 0.3 is 0 Å². The highest BCUT2D eigenvalue weighted by atomic mass is 16.8. The first kappa shape index (κ1) is 73.7. The van der Waals surface area contributed by atoms with Gasteiger partial charge in [0.1, 0.15) is 73.2 Å². The van der Waals surface area contributed by atoms with E-state index in [1.54, 1.807) is 6.08 Å². The van der Waals surface area contributed by atoms with Gasteiger partial charge in [-0.3, -0.25) is 4.79 Å². The highest BCUT2D eigenvalue weighted by molar-refractivity contribution is 5.76. The van der Waals surface area contributed by atoms with Crippen molar-refractivity contribution in [2.24, 2.45) is 0 Å². The lowest BCUT2D eigenvalue weighted by atomic mass is 9.96. The van der Waals surface area contributed by atoms with E-state index in [9.17, 15) is 61.0 Å². The lowest BCUT2D eigenvalue weighted by molar-refractivity contribution is -0.379. The molecule has 12 N–H and O–H groups in total. The first-order chi connectivity index (χ1) is 40.3. The average molecular weight is 1180 g/mol. The van der Waals surface area contributed by atoms with Crippen LogP contribution in [0.1, 0.15) is 155 Å². The second kappa shape index (κ2) is 45.7. The highest BCUT2D eigenvalue weighted by Crippen LogP contribution is 2.33. The Labute approximate surface area is 494 Å². The van der Waals surface area contributed by atoms with Crippen molar-refractivity contribution >= 4 is 5.91 Å². The lowest BCUT2D eigenvalue weighted by Gasteiger charge is -2.48. The predicted molar refractivity (Wildman–Crippen MR) is 318 cm³/mol. The van der Waals surface area contributed by atoms with E-state index in [4.69, 9.17) is 28.4 Å². The molecule has 0 saturated carbocycles. The number of hydrogen-bond donors (Lipinski definition) is 12. The molecule has 0 bridgehead atoms. The van der Waals surface area contributed by atoms with Crippen molar-refractivity contribution in [3.8, 4) is 0 Å². The molecule has 1 amide bonds. The lowest BCUT2D eigenvalue weighted by Crippen LogP contribution is -2.66. The maximum Gasteiger partial charge on any atom is 0.220 e. The Morgan fingerprint density at radius 3 is 1.30 bits per heavy atom. The van der Waals surface area contributed by atoms with E-state index in [0.717, 1.165) is 116 Å². The number of unbranched alkanes of at least 4 members (excludes halogenated alkanes) is 11. The van der Waals surface area contributed by atoms with Crippen molar-refractivity contribution in [3.63, 3.8) is 0 Å². The number of aliphatic hydroxyl groups is 11. The Morgan fingerprint density at radius 1 is 0.446 bits per heavy atom. The van der Waals surface area contributed by atoms with Gasteiger partial charge in [-0.15, -0.1) is 0 Å². The molecule has 3 aliphatic rings. The Bertz CT molecular complexity index is 1930. The SMILES string of the molecule is CC/C=C\C/C=C\C/C=C\C/C=C\C/C=C\C/C=C\C/C=C\C/C=C\CCCCCCCCCCC(=O)NC(COC1OC(CO)C(OC2OC(CO)C(OC3OC(CO)C(O)C(O)C3O)C(O)C2O)C(O)C1O)C(O)/C=C/CCCCC. The fraction of sp³-hybridized carbons (Fsp3) is 0.703. The Kier molecular flexibility index (Phi) is 40.6. The van der Waals surface area contributed by atoms with E-state index in [0.29, 0.717) is 12.8 Å².